The number of nitrogens with zero attached hydrogens (tertiary/aromatic N) is 2. The maximum atomic E-state index is 14.7. The highest BCUT2D eigenvalue weighted by atomic mass is 19.1. The second-order valence-electron chi connectivity index (χ2n) is 11.5. The third kappa shape index (κ3) is 5.87. The van der Waals surface area contributed by atoms with Crippen LogP contribution < -0.4 is 5.32 Å². The van der Waals surface area contributed by atoms with Crippen LogP contribution in [0.1, 0.15) is 71.0 Å². The molecule has 0 fully saturated rings. The van der Waals surface area contributed by atoms with E-state index in [0.29, 0.717) is 17.9 Å². The van der Waals surface area contributed by atoms with E-state index in [4.69, 9.17) is 4.42 Å². The fraction of sp³-hybridized carbons (Fsp3) is 0.303. The molecular weight excluding hydrogens is 543 g/mol. The van der Waals surface area contributed by atoms with Gasteiger partial charge in [0.25, 0.3) is 11.8 Å². The van der Waals surface area contributed by atoms with Crippen LogP contribution in [0.5, 0.6) is 0 Å². The third-order valence-electron chi connectivity index (χ3n) is 7.43. The van der Waals surface area contributed by atoms with Crippen molar-refractivity contribution in [1.29, 1.82) is 0 Å². The number of halogens is 3. The fourth-order valence-electron chi connectivity index (χ4n) is 5.30. The standard InChI is InChI=1S/C33H32F3N3O3/c1-33(2,3)29(37-16-15-22(19-34)39-31(40)23-11-7-8-12-24(23)32(39)41)28-27(17-20-9-5-4-6-10-20)42-30(38-28)25-18-21(35)13-14-26(25)36/h4-14,18,22,29,37H,15-17,19H2,1-3H3. The van der Waals surface area contributed by atoms with E-state index in [-0.39, 0.29) is 35.5 Å². The zero-order valence-corrected chi connectivity index (χ0v) is 23.7. The Morgan fingerprint density at radius 3 is 2.17 bits per heavy atom. The molecule has 0 aliphatic carbocycles. The molecule has 1 aliphatic heterocycles. The highest BCUT2D eigenvalue weighted by Gasteiger charge is 2.40. The average molecular weight is 576 g/mol. The molecule has 6 nitrogen and oxygen atoms in total. The number of oxazole rings is 1. The van der Waals surface area contributed by atoms with Crippen molar-refractivity contribution in [3.63, 3.8) is 0 Å². The number of aromatic nitrogens is 1. The molecule has 2 unspecified atom stereocenters. The van der Waals surface area contributed by atoms with Crippen LogP contribution in [-0.2, 0) is 6.42 Å². The maximum absolute atomic E-state index is 14.7. The van der Waals surface area contributed by atoms with E-state index in [2.05, 4.69) is 10.3 Å². The van der Waals surface area contributed by atoms with Crippen LogP contribution in [0.25, 0.3) is 11.5 Å². The first-order chi connectivity index (χ1) is 20.1. The predicted molar refractivity (Wildman–Crippen MR) is 153 cm³/mol. The minimum absolute atomic E-state index is 0.0448. The minimum atomic E-state index is -0.955. The number of amides is 2. The number of rotatable bonds is 10. The lowest BCUT2D eigenvalue weighted by molar-refractivity contribution is 0.0548. The number of carbonyl (C=O) groups is 2. The van der Waals surface area contributed by atoms with Crippen molar-refractivity contribution >= 4 is 11.8 Å². The fourth-order valence-corrected chi connectivity index (χ4v) is 5.30. The molecule has 3 aromatic carbocycles. The lowest BCUT2D eigenvalue weighted by atomic mass is 9.83. The van der Waals surface area contributed by atoms with E-state index >= 15 is 0 Å². The summed E-state index contributed by atoms with van der Waals surface area (Å²) in [6.07, 6.45) is 0.516. The Balaban J connectivity index is 1.43. The second kappa shape index (κ2) is 11.9. The Bertz CT molecular complexity index is 1560. The van der Waals surface area contributed by atoms with E-state index in [1.54, 1.807) is 24.3 Å². The van der Waals surface area contributed by atoms with Crippen LogP contribution in [-0.4, -0.2) is 41.0 Å². The van der Waals surface area contributed by atoms with Crippen LogP contribution in [0.2, 0.25) is 0 Å². The van der Waals surface area contributed by atoms with Gasteiger partial charge in [-0.3, -0.25) is 14.5 Å². The van der Waals surface area contributed by atoms with Crippen molar-refractivity contribution in [2.75, 3.05) is 13.2 Å². The molecule has 0 saturated carbocycles. The Morgan fingerprint density at radius 1 is 0.905 bits per heavy atom. The van der Waals surface area contributed by atoms with Gasteiger partial charge in [-0.2, -0.15) is 0 Å². The van der Waals surface area contributed by atoms with Crippen molar-refractivity contribution in [3.05, 3.63) is 113 Å². The van der Waals surface area contributed by atoms with Gasteiger partial charge in [-0.05, 0) is 54.3 Å². The summed E-state index contributed by atoms with van der Waals surface area (Å²) in [6, 6.07) is 17.7. The SMILES string of the molecule is CC(C)(C)C(NCCC(CF)N1C(=O)c2ccccc2C1=O)c1nc(-c2cc(F)ccc2F)oc1Cc1ccccc1. The smallest absolute Gasteiger partial charge is 0.261 e. The van der Waals surface area contributed by atoms with Gasteiger partial charge in [-0.15, -0.1) is 0 Å². The van der Waals surface area contributed by atoms with Crippen LogP contribution in [0.4, 0.5) is 13.2 Å². The summed E-state index contributed by atoms with van der Waals surface area (Å²) in [5.41, 5.74) is 1.46. The van der Waals surface area contributed by atoms with Crippen LogP contribution in [0.3, 0.4) is 0 Å². The molecule has 42 heavy (non-hydrogen) atoms. The van der Waals surface area contributed by atoms with E-state index in [9.17, 15) is 22.8 Å². The summed E-state index contributed by atoms with van der Waals surface area (Å²) in [5, 5.41) is 3.43. The Hall–Kier alpha value is -4.24. The van der Waals surface area contributed by atoms with Gasteiger partial charge in [0.15, 0.2) is 0 Å². The molecule has 0 radical (unpaired) electrons. The first kappa shape index (κ1) is 29.3. The summed E-state index contributed by atoms with van der Waals surface area (Å²) in [4.78, 5) is 31.5. The summed E-state index contributed by atoms with van der Waals surface area (Å²) in [7, 11) is 0. The van der Waals surface area contributed by atoms with Gasteiger partial charge in [0, 0.05) is 6.42 Å². The van der Waals surface area contributed by atoms with Gasteiger partial charge < -0.3 is 9.73 Å². The van der Waals surface area contributed by atoms with E-state index in [1.165, 1.54) is 0 Å². The van der Waals surface area contributed by atoms with Gasteiger partial charge >= 0.3 is 0 Å². The van der Waals surface area contributed by atoms with Gasteiger partial charge in [0.05, 0.1) is 28.8 Å². The maximum Gasteiger partial charge on any atom is 0.261 e. The van der Waals surface area contributed by atoms with Crippen LogP contribution in [0, 0.1) is 17.0 Å². The number of benzene rings is 3. The molecular formula is C33H32F3N3O3. The molecule has 0 spiro atoms. The first-order valence-corrected chi connectivity index (χ1v) is 13.8. The number of nitrogens with one attached hydrogen (secondary N) is 1. The Morgan fingerprint density at radius 2 is 1.55 bits per heavy atom. The van der Waals surface area contributed by atoms with Crippen molar-refractivity contribution in [1.82, 2.24) is 15.2 Å². The normalized spacial score (nSPS) is 14.8. The molecule has 0 saturated heterocycles. The van der Waals surface area contributed by atoms with Crippen molar-refractivity contribution < 1.29 is 27.2 Å². The third-order valence-corrected chi connectivity index (χ3v) is 7.43. The molecule has 1 N–H and O–H groups in total. The number of hydrogen-bond acceptors (Lipinski definition) is 5. The van der Waals surface area contributed by atoms with E-state index < -0.39 is 47.6 Å². The monoisotopic (exact) mass is 575 g/mol. The minimum Gasteiger partial charge on any atom is -0.440 e. The molecule has 218 valence electrons. The zero-order chi connectivity index (χ0) is 30.0. The highest BCUT2D eigenvalue weighted by molar-refractivity contribution is 6.21. The quantitative estimate of drug-likeness (QED) is 0.208. The lowest BCUT2D eigenvalue weighted by Gasteiger charge is -2.32. The second-order valence-corrected chi connectivity index (χ2v) is 11.5. The average Bonchev–Trinajstić information content (AvgIpc) is 3.48. The van der Waals surface area contributed by atoms with Gasteiger partial charge in [-0.25, -0.2) is 18.2 Å². The predicted octanol–water partition coefficient (Wildman–Crippen LogP) is 6.91. The topological polar surface area (TPSA) is 75.4 Å². The summed E-state index contributed by atoms with van der Waals surface area (Å²) >= 11 is 0. The Kier molecular flexibility index (Phi) is 8.31. The molecule has 1 aliphatic rings. The molecule has 2 amide bonds. The molecule has 2 atom stereocenters. The van der Waals surface area contributed by atoms with Crippen molar-refractivity contribution in [2.45, 2.75) is 45.7 Å². The first-order valence-electron chi connectivity index (χ1n) is 13.8. The van der Waals surface area contributed by atoms with Crippen molar-refractivity contribution in [2.24, 2.45) is 5.41 Å². The Labute approximate surface area is 242 Å². The highest BCUT2D eigenvalue weighted by Crippen LogP contribution is 2.38. The van der Waals surface area contributed by atoms with Gasteiger partial charge in [-0.1, -0.05) is 63.2 Å². The summed E-state index contributed by atoms with van der Waals surface area (Å²) in [5.74, 6) is -1.86. The number of carbonyl (C=O) groups excluding carboxylic acids is 2. The van der Waals surface area contributed by atoms with Crippen LogP contribution in [0.15, 0.2) is 77.2 Å². The van der Waals surface area contributed by atoms with Crippen LogP contribution >= 0.6 is 0 Å². The number of alkyl halides is 1. The molecule has 1 aromatic heterocycles. The lowest BCUT2D eigenvalue weighted by Crippen LogP contribution is -2.44. The van der Waals surface area contributed by atoms with E-state index in [0.717, 1.165) is 28.7 Å². The van der Waals surface area contributed by atoms with Gasteiger partial charge in [0.2, 0.25) is 5.89 Å². The van der Waals surface area contributed by atoms with Gasteiger partial charge in [0.1, 0.15) is 29.8 Å². The number of fused-ring (bicyclic) bond motifs is 1. The largest absolute Gasteiger partial charge is 0.440 e. The zero-order valence-electron chi connectivity index (χ0n) is 23.7. The molecule has 9 heteroatoms. The number of hydrogen-bond donors (Lipinski definition) is 1. The molecule has 4 aromatic rings. The number of imide groups is 1. The van der Waals surface area contributed by atoms with Crippen molar-refractivity contribution in [3.8, 4) is 11.5 Å². The summed E-state index contributed by atoms with van der Waals surface area (Å²) < 4.78 is 49.1. The molecule has 5 rings (SSSR count). The van der Waals surface area contributed by atoms with E-state index in [1.807, 2.05) is 51.1 Å². The molecule has 2 heterocycles. The molecule has 0 bridgehead atoms. The summed E-state index contributed by atoms with van der Waals surface area (Å²) in [6.45, 7) is 5.32.